The average molecular weight is 207 g/mol. The molecular formula is C10H13N3O2. The number of aldehydes is 1. The fraction of sp³-hybridized carbons (Fsp3) is 0.500. The Hall–Kier alpha value is -1.49. The van der Waals surface area contributed by atoms with Crippen molar-refractivity contribution in [1.82, 2.24) is 9.97 Å². The van der Waals surface area contributed by atoms with Crippen LogP contribution in [-0.2, 0) is 4.74 Å². The lowest BCUT2D eigenvalue weighted by atomic mass is 10.1. The molecule has 1 N–H and O–H groups in total. The van der Waals surface area contributed by atoms with Gasteiger partial charge < -0.3 is 10.1 Å². The minimum Gasteiger partial charge on any atom is -0.381 e. The van der Waals surface area contributed by atoms with Gasteiger partial charge in [-0.3, -0.25) is 4.79 Å². The molecule has 1 aromatic heterocycles. The van der Waals surface area contributed by atoms with Gasteiger partial charge >= 0.3 is 0 Å². The van der Waals surface area contributed by atoms with Crippen LogP contribution < -0.4 is 5.32 Å². The van der Waals surface area contributed by atoms with Gasteiger partial charge in [-0.1, -0.05) is 0 Å². The molecule has 15 heavy (non-hydrogen) atoms. The predicted molar refractivity (Wildman–Crippen MR) is 54.9 cm³/mol. The molecule has 0 atom stereocenters. The highest BCUT2D eigenvalue weighted by molar-refractivity contribution is 5.73. The summed E-state index contributed by atoms with van der Waals surface area (Å²) in [7, 11) is 0. The highest BCUT2D eigenvalue weighted by atomic mass is 16.5. The molecule has 1 aromatic rings. The van der Waals surface area contributed by atoms with E-state index in [0.717, 1.165) is 32.3 Å². The van der Waals surface area contributed by atoms with Crippen LogP contribution in [-0.4, -0.2) is 35.5 Å². The van der Waals surface area contributed by atoms with Crippen LogP contribution in [0.25, 0.3) is 0 Å². The summed E-state index contributed by atoms with van der Waals surface area (Å²) in [4.78, 5) is 18.5. The van der Waals surface area contributed by atoms with Crippen molar-refractivity contribution in [2.75, 3.05) is 18.5 Å². The Balaban J connectivity index is 1.94. The van der Waals surface area contributed by atoms with Crippen molar-refractivity contribution >= 4 is 12.2 Å². The zero-order valence-corrected chi connectivity index (χ0v) is 8.35. The van der Waals surface area contributed by atoms with E-state index in [-0.39, 0.29) is 0 Å². The maximum atomic E-state index is 10.4. The van der Waals surface area contributed by atoms with E-state index < -0.39 is 0 Å². The second kappa shape index (κ2) is 4.84. The fourth-order valence-electron chi connectivity index (χ4n) is 1.50. The number of carbonyl (C=O) groups is 1. The van der Waals surface area contributed by atoms with Gasteiger partial charge in [-0.05, 0) is 12.8 Å². The third kappa shape index (κ3) is 2.73. The topological polar surface area (TPSA) is 64.1 Å². The standard InChI is InChI=1S/C10H13N3O2/c14-7-8-5-11-10(12-6-8)13-9-1-3-15-4-2-9/h5-7,9H,1-4H2,(H,11,12,13). The molecule has 0 amide bonds. The molecule has 1 saturated heterocycles. The Morgan fingerprint density at radius 3 is 2.60 bits per heavy atom. The van der Waals surface area contributed by atoms with Crippen molar-refractivity contribution in [1.29, 1.82) is 0 Å². The van der Waals surface area contributed by atoms with Gasteiger partial charge in [0, 0.05) is 31.6 Å². The summed E-state index contributed by atoms with van der Waals surface area (Å²) in [6.45, 7) is 1.56. The second-order valence-electron chi connectivity index (χ2n) is 3.49. The van der Waals surface area contributed by atoms with Crippen LogP contribution in [0.4, 0.5) is 5.95 Å². The van der Waals surface area contributed by atoms with Crippen LogP contribution in [0.15, 0.2) is 12.4 Å². The fourth-order valence-corrected chi connectivity index (χ4v) is 1.50. The van der Waals surface area contributed by atoms with Crippen molar-refractivity contribution < 1.29 is 9.53 Å². The van der Waals surface area contributed by atoms with Crippen molar-refractivity contribution in [3.63, 3.8) is 0 Å². The maximum absolute atomic E-state index is 10.4. The lowest BCUT2D eigenvalue weighted by Crippen LogP contribution is -2.28. The molecule has 0 aliphatic carbocycles. The normalized spacial score (nSPS) is 17.3. The molecule has 2 heterocycles. The predicted octanol–water partition coefficient (Wildman–Crippen LogP) is 0.880. The van der Waals surface area contributed by atoms with Crippen molar-refractivity contribution in [3.05, 3.63) is 18.0 Å². The van der Waals surface area contributed by atoms with E-state index in [9.17, 15) is 4.79 Å². The van der Waals surface area contributed by atoms with Gasteiger partial charge in [0.1, 0.15) is 0 Å². The molecule has 2 rings (SSSR count). The third-order valence-electron chi connectivity index (χ3n) is 2.36. The van der Waals surface area contributed by atoms with E-state index in [4.69, 9.17) is 4.74 Å². The van der Waals surface area contributed by atoms with Crippen molar-refractivity contribution in [3.8, 4) is 0 Å². The van der Waals surface area contributed by atoms with E-state index >= 15 is 0 Å². The third-order valence-corrected chi connectivity index (χ3v) is 2.36. The lowest BCUT2D eigenvalue weighted by Gasteiger charge is -2.22. The van der Waals surface area contributed by atoms with Crippen LogP contribution in [0, 0.1) is 0 Å². The quantitative estimate of drug-likeness (QED) is 0.745. The summed E-state index contributed by atoms with van der Waals surface area (Å²) >= 11 is 0. The molecule has 0 bridgehead atoms. The Labute approximate surface area is 87.9 Å². The molecule has 0 unspecified atom stereocenters. The number of hydrogen-bond acceptors (Lipinski definition) is 5. The summed E-state index contributed by atoms with van der Waals surface area (Å²) < 4.78 is 5.25. The highest BCUT2D eigenvalue weighted by Gasteiger charge is 2.13. The SMILES string of the molecule is O=Cc1cnc(NC2CCOCC2)nc1. The molecule has 1 aliphatic heterocycles. The van der Waals surface area contributed by atoms with Gasteiger partial charge in [0.2, 0.25) is 5.95 Å². The van der Waals surface area contributed by atoms with Gasteiger partial charge in [-0.25, -0.2) is 9.97 Å². The molecule has 0 saturated carbocycles. The van der Waals surface area contributed by atoms with E-state index in [1.54, 1.807) is 0 Å². The van der Waals surface area contributed by atoms with Crippen molar-refractivity contribution in [2.45, 2.75) is 18.9 Å². The first kappa shape index (κ1) is 10.0. The minimum absolute atomic E-state index is 0.376. The second-order valence-corrected chi connectivity index (χ2v) is 3.49. The van der Waals surface area contributed by atoms with Gasteiger partial charge in [-0.15, -0.1) is 0 Å². The first-order valence-corrected chi connectivity index (χ1v) is 5.00. The molecule has 80 valence electrons. The minimum atomic E-state index is 0.376. The number of hydrogen-bond donors (Lipinski definition) is 1. The summed E-state index contributed by atoms with van der Waals surface area (Å²) in [6.07, 6.45) is 5.71. The Bertz CT molecular complexity index is 320. The number of nitrogens with one attached hydrogen (secondary N) is 1. The molecule has 0 spiro atoms. The van der Waals surface area contributed by atoms with Gasteiger partial charge in [-0.2, -0.15) is 0 Å². The summed E-state index contributed by atoms with van der Waals surface area (Å²) in [6, 6.07) is 0.376. The van der Waals surface area contributed by atoms with E-state index in [1.807, 2.05) is 0 Å². The Kier molecular flexibility index (Phi) is 3.24. The average Bonchev–Trinajstić information content (AvgIpc) is 2.31. The van der Waals surface area contributed by atoms with E-state index in [0.29, 0.717) is 17.6 Å². The largest absolute Gasteiger partial charge is 0.381 e. The van der Waals surface area contributed by atoms with Crippen LogP contribution in [0.1, 0.15) is 23.2 Å². The zero-order chi connectivity index (χ0) is 10.5. The van der Waals surface area contributed by atoms with E-state index in [1.165, 1.54) is 12.4 Å². The zero-order valence-electron chi connectivity index (χ0n) is 8.35. The molecule has 1 aliphatic rings. The highest BCUT2D eigenvalue weighted by Crippen LogP contribution is 2.11. The van der Waals surface area contributed by atoms with Crippen LogP contribution in [0.3, 0.4) is 0 Å². The number of rotatable bonds is 3. The summed E-state index contributed by atoms with van der Waals surface area (Å²) in [5.41, 5.74) is 0.493. The van der Waals surface area contributed by atoms with Crippen LogP contribution in [0.5, 0.6) is 0 Å². The Morgan fingerprint density at radius 2 is 2.00 bits per heavy atom. The number of ether oxygens (including phenoxy) is 1. The molecule has 0 radical (unpaired) electrons. The maximum Gasteiger partial charge on any atom is 0.222 e. The molecule has 1 fully saturated rings. The van der Waals surface area contributed by atoms with Gasteiger partial charge in [0.15, 0.2) is 6.29 Å². The summed E-state index contributed by atoms with van der Waals surface area (Å²) in [5.74, 6) is 0.576. The Morgan fingerprint density at radius 1 is 1.33 bits per heavy atom. The molecular weight excluding hydrogens is 194 g/mol. The monoisotopic (exact) mass is 207 g/mol. The number of carbonyl (C=O) groups excluding carboxylic acids is 1. The lowest BCUT2D eigenvalue weighted by molar-refractivity contribution is 0.0903. The number of anilines is 1. The van der Waals surface area contributed by atoms with Crippen molar-refractivity contribution in [2.24, 2.45) is 0 Å². The van der Waals surface area contributed by atoms with Crippen LogP contribution in [0.2, 0.25) is 0 Å². The molecule has 5 nitrogen and oxygen atoms in total. The van der Waals surface area contributed by atoms with E-state index in [2.05, 4.69) is 15.3 Å². The van der Waals surface area contributed by atoms with Gasteiger partial charge in [0.25, 0.3) is 0 Å². The number of aromatic nitrogens is 2. The first-order valence-electron chi connectivity index (χ1n) is 5.00. The first-order chi connectivity index (χ1) is 7.38. The summed E-state index contributed by atoms with van der Waals surface area (Å²) in [5, 5.41) is 3.21. The molecule has 0 aromatic carbocycles. The smallest absolute Gasteiger partial charge is 0.222 e. The van der Waals surface area contributed by atoms with Gasteiger partial charge in [0.05, 0.1) is 5.56 Å². The van der Waals surface area contributed by atoms with Crippen LogP contribution >= 0.6 is 0 Å². The molecule has 5 heteroatoms. The number of nitrogens with zero attached hydrogens (tertiary/aromatic N) is 2.